The van der Waals surface area contributed by atoms with Gasteiger partial charge in [-0.15, -0.1) is 0 Å². The minimum absolute atomic E-state index is 0.0401. The van der Waals surface area contributed by atoms with Gasteiger partial charge in [0, 0.05) is 42.0 Å². The van der Waals surface area contributed by atoms with Crippen LogP contribution in [0.15, 0.2) is 46.9 Å². The Bertz CT molecular complexity index is 754. The van der Waals surface area contributed by atoms with E-state index in [4.69, 9.17) is 0 Å². The Labute approximate surface area is 158 Å². The molecule has 1 aliphatic rings. The molecule has 1 heterocycles. The molecular formula is C20H24BrN3O. The van der Waals surface area contributed by atoms with Gasteiger partial charge in [0.25, 0.3) is 0 Å². The van der Waals surface area contributed by atoms with E-state index in [1.807, 2.05) is 24.3 Å². The summed E-state index contributed by atoms with van der Waals surface area (Å²) in [4.78, 5) is 16.9. The number of halogens is 1. The Kier molecular flexibility index (Phi) is 5.76. The van der Waals surface area contributed by atoms with Gasteiger partial charge < -0.3 is 10.2 Å². The second-order valence-corrected chi connectivity index (χ2v) is 7.46. The molecule has 25 heavy (non-hydrogen) atoms. The van der Waals surface area contributed by atoms with Gasteiger partial charge in [-0.05, 0) is 49.2 Å². The molecule has 0 aliphatic carbocycles. The molecule has 0 unspecified atom stereocenters. The maximum absolute atomic E-state index is 12.3. The van der Waals surface area contributed by atoms with E-state index in [9.17, 15) is 4.79 Å². The Hall–Kier alpha value is -1.85. The molecule has 1 N–H and O–H groups in total. The zero-order chi connectivity index (χ0) is 17.8. The Balaban J connectivity index is 1.52. The second-order valence-electron chi connectivity index (χ2n) is 6.54. The van der Waals surface area contributed by atoms with E-state index in [2.05, 4.69) is 63.1 Å². The van der Waals surface area contributed by atoms with Crippen molar-refractivity contribution in [2.24, 2.45) is 0 Å². The van der Waals surface area contributed by atoms with Crippen LogP contribution in [-0.2, 0) is 4.79 Å². The van der Waals surface area contributed by atoms with Gasteiger partial charge in [-0.1, -0.05) is 34.1 Å². The molecule has 0 atom stereocenters. The molecule has 1 fully saturated rings. The summed E-state index contributed by atoms with van der Waals surface area (Å²) >= 11 is 3.42. The first-order valence-electron chi connectivity index (χ1n) is 8.62. The summed E-state index contributed by atoms with van der Waals surface area (Å²) in [6.45, 7) is 8.48. The van der Waals surface area contributed by atoms with Crippen LogP contribution in [0.1, 0.15) is 11.1 Å². The lowest BCUT2D eigenvalue weighted by atomic mass is 10.1. The molecule has 5 heteroatoms. The molecule has 2 aromatic rings. The van der Waals surface area contributed by atoms with Gasteiger partial charge >= 0.3 is 0 Å². The van der Waals surface area contributed by atoms with Gasteiger partial charge in [-0.25, -0.2) is 0 Å². The minimum atomic E-state index is 0.0401. The molecule has 4 nitrogen and oxygen atoms in total. The molecule has 0 saturated carbocycles. The highest BCUT2D eigenvalue weighted by molar-refractivity contribution is 9.10. The zero-order valence-corrected chi connectivity index (χ0v) is 16.3. The van der Waals surface area contributed by atoms with Crippen LogP contribution in [0.4, 0.5) is 11.4 Å². The van der Waals surface area contributed by atoms with Crippen LogP contribution in [0, 0.1) is 13.8 Å². The van der Waals surface area contributed by atoms with E-state index in [1.54, 1.807) is 0 Å². The van der Waals surface area contributed by atoms with Crippen molar-refractivity contribution in [1.82, 2.24) is 4.90 Å². The number of nitrogens with one attached hydrogen (secondary N) is 1. The minimum Gasteiger partial charge on any atom is -0.369 e. The molecule has 1 amide bonds. The highest BCUT2D eigenvalue weighted by Gasteiger charge is 2.20. The molecule has 0 spiro atoms. The van der Waals surface area contributed by atoms with Crippen LogP contribution >= 0.6 is 15.9 Å². The molecule has 0 aromatic heterocycles. The van der Waals surface area contributed by atoms with Gasteiger partial charge in [0.15, 0.2) is 0 Å². The number of hydrogen-bond acceptors (Lipinski definition) is 3. The third-order valence-corrected chi connectivity index (χ3v) is 5.26. The van der Waals surface area contributed by atoms with Gasteiger partial charge in [-0.2, -0.15) is 0 Å². The molecule has 132 valence electrons. The number of benzene rings is 2. The Morgan fingerprint density at radius 2 is 1.80 bits per heavy atom. The average Bonchev–Trinajstić information content (AvgIpc) is 2.58. The smallest absolute Gasteiger partial charge is 0.238 e. The summed E-state index contributed by atoms with van der Waals surface area (Å²) < 4.78 is 0.965. The summed E-state index contributed by atoms with van der Waals surface area (Å²) in [5, 5.41) is 2.97. The summed E-state index contributed by atoms with van der Waals surface area (Å²) in [7, 11) is 0. The van der Waals surface area contributed by atoms with Crippen LogP contribution in [0.2, 0.25) is 0 Å². The molecule has 3 rings (SSSR count). The van der Waals surface area contributed by atoms with Gasteiger partial charge in [-0.3, -0.25) is 9.69 Å². The lowest BCUT2D eigenvalue weighted by molar-refractivity contribution is -0.117. The van der Waals surface area contributed by atoms with Crippen LogP contribution in [-0.4, -0.2) is 43.5 Å². The second kappa shape index (κ2) is 8.02. The molecule has 0 bridgehead atoms. The third kappa shape index (κ3) is 4.61. The van der Waals surface area contributed by atoms with E-state index in [0.717, 1.165) is 36.3 Å². The van der Waals surface area contributed by atoms with E-state index in [-0.39, 0.29) is 5.91 Å². The summed E-state index contributed by atoms with van der Waals surface area (Å²) in [6.07, 6.45) is 0. The third-order valence-electron chi connectivity index (χ3n) is 4.76. The number of carbonyl (C=O) groups excluding carboxylic acids is 1. The molecular weight excluding hydrogens is 378 g/mol. The van der Waals surface area contributed by atoms with E-state index < -0.39 is 0 Å². The van der Waals surface area contributed by atoms with Crippen molar-refractivity contribution in [1.29, 1.82) is 0 Å². The summed E-state index contributed by atoms with van der Waals surface area (Å²) in [6, 6.07) is 14.1. The topological polar surface area (TPSA) is 35.6 Å². The van der Waals surface area contributed by atoms with Crippen molar-refractivity contribution in [2.75, 3.05) is 42.9 Å². The van der Waals surface area contributed by atoms with Crippen LogP contribution in [0.25, 0.3) is 0 Å². The van der Waals surface area contributed by atoms with Crippen molar-refractivity contribution < 1.29 is 4.79 Å². The van der Waals surface area contributed by atoms with Gasteiger partial charge in [0.1, 0.15) is 0 Å². The van der Waals surface area contributed by atoms with E-state index in [1.165, 1.54) is 16.8 Å². The van der Waals surface area contributed by atoms with E-state index >= 15 is 0 Å². The first-order chi connectivity index (χ1) is 12.0. The van der Waals surface area contributed by atoms with Crippen molar-refractivity contribution in [3.8, 4) is 0 Å². The fraction of sp³-hybridized carbons (Fsp3) is 0.350. The monoisotopic (exact) mass is 401 g/mol. The summed E-state index contributed by atoms with van der Waals surface area (Å²) in [5.41, 5.74) is 4.82. The fourth-order valence-corrected chi connectivity index (χ4v) is 3.59. The lowest BCUT2D eigenvalue weighted by Crippen LogP contribution is -2.48. The van der Waals surface area contributed by atoms with Crippen LogP contribution in [0.5, 0.6) is 0 Å². The number of piperazine rings is 1. The SMILES string of the molecule is Cc1cccc(N2CCN(CC(=O)Nc3cccc(Br)c3)CC2)c1C. The number of carbonyl (C=O) groups is 1. The normalized spacial score (nSPS) is 15.2. The van der Waals surface area contributed by atoms with Crippen LogP contribution in [0.3, 0.4) is 0 Å². The Morgan fingerprint density at radius 3 is 2.52 bits per heavy atom. The molecule has 0 radical (unpaired) electrons. The number of amides is 1. The number of nitrogens with zero attached hydrogens (tertiary/aromatic N) is 2. The highest BCUT2D eigenvalue weighted by atomic mass is 79.9. The first-order valence-corrected chi connectivity index (χ1v) is 9.41. The van der Waals surface area contributed by atoms with Crippen LogP contribution < -0.4 is 10.2 Å². The van der Waals surface area contributed by atoms with E-state index in [0.29, 0.717) is 6.54 Å². The lowest BCUT2D eigenvalue weighted by Gasteiger charge is -2.36. The average molecular weight is 402 g/mol. The number of hydrogen-bond donors (Lipinski definition) is 1. The highest BCUT2D eigenvalue weighted by Crippen LogP contribution is 2.23. The maximum Gasteiger partial charge on any atom is 0.238 e. The standard InChI is InChI=1S/C20H24BrN3O/c1-15-5-3-8-19(16(15)2)24-11-9-23(10-12-24)14-20(25)22-18-7-4-6-17(21)13-18/h3-8,13H,9-12,14H2,1-2H3,(H,22,25). The predicted octanol–water partition coefficient (Wildman–Crippen LogP) is 3.83. The van der Waals surface area contributed by atoms with Crippen molar-refractivity contribution in [3.63, 3.8) is 0 Å². The largest absolute Gasteiger partial charge is 0.369 e. The fourth-order valence-electron chi connectivity index (χ4n) is 3.19. The number of rotatable bonds is 4. The molecule has 1 saturated heterocycles. The Morgan fingerprint density at radius 1 is 1.08 bits per heavy atom. The maximum atomic E-state index is 12.3. The first kappa shape index (κ1) is 18.0. The molecule has 2 aromatic carbocycles. The van der Waals surface area contributed by atoms with Gasteiger partial charge in [0.2, 0.25) is 5.91 Å². The predicted molar refractivity (Wildman–Crippen MR) is 107 cm³/mol. The number of anilines is 2. The quantitative estimate of drug-likeness (QED) is 0.845. The summed E-state index contributed by atoms with van der Waals surface area (Å²) in [5.74, 6) is 0.0401. The van der Waals surface area contributed by atoms with Gasteiger partial charge in [0.05, 0.1) is 6.54 Å². The molecule has 1 aliphatic heterocycles. The van der Waals surface area contributed by atoms with Crippen molar-refractivity contribution in [3.05, 3.63) is 58.1 Å². The number of aryl methyl sites for hydroxylation is 1. The van der Waals surface area contributed by atoms with Crippen molar-refractivity contribution >= 4 is 33.2 Å². The zero-order valence-electron chi connectivity index (χ0n) is 14.8. The van der Waals surface area contributed by atoms with Crippen molar-refractivity contribution in [2.45, 2.75) is 13.8 Å².